The van der Waals surface area contributed by atoms with Gasteiger partial charge in [-0.15, -0.1) is 0 Å². The molecule has 0 saturated carbocycles. The molecule has 3 N–H and O–H groups in total. The number of nitrogens with one attached hydrogen (secondary N) is 1. The minimum atomic E-state index is -1.34. The monoisotopic (exact) mass is 286 g/mol. The van der Waals surface area contributed by atoms with Gasteiger partial charge in [0, 0.05) is 18.5 Å². The van der Waals surface area contributed by atoms with E-state index >= 15 is 0 Å². The summed E-state index contributed by atoms with van der Waals surface area (Å²) in [6.07, 6.45) is 1.44. The zero-order chi connectivity index (χ0) is 15.6. The summed E-state index contributed by atoms with van der Waals surface area (Å²) >= 11 is 0. The molecule has 0 aromatic carbocycles. The number of rotatable bonds is 4. The number of aliphatic hydroxyl groups is 2. The molecular weight excluding hydrogens is 260 g/mol. The SMILES string of the molecule is CC(O)(CO)CNC(=O)C1CCCN1C(=O)C(C)(C)C. The highest BCUT2D eigenvalue weighted by Crippen LogP contribution is 2.25. The summed E-state index contributed by atoms with van der Waals surface area (Å²) in [4.78, 5) is 26.1. The molecule has 0 aromatic rings. The second kappa shape index (κ2) is 6.10. The van der Waals surface area contributed by atoms with Gasteiger partial charge in [-0.2, -0.15) is 0 Å². The average molecular weight is 286 g/mol. The maximum absolute atomic E-state index is 12.3. The van der Waals surface area contributed by atoms with Gasteiger partial charge in [0.05, 0.1) is 6.61 Å². The first-order valence-corrected chi connectivity index (χ1v) is 7.00. The Balaban J connectivity index is 2.65. The van der Waals surface area contributed by atoms with E-state index in [2.05, 4.69) is 5.32 Å². The fraction of sp³-hybridized carbons (Fsp3) is 0.857. The topological polar surface area (TPSA) is 89.9 Å². The maximum Gasteiger partial charge on any atom is 0.242 e. The van der Waals surface area contributed by atoms with E-state index in [1.165, 1.54) is 6.92 Å². The van der Waals surface area contributed by atoms with Crippen molar-refractivity contribution in [1.82, 2.24) is 10.2 Å². The molecule has 1 aliphatic rings. The van der Waals surface area contributed by atoms with Crippen molar-refractivity contribution in [1.29, 1.82) is 0 Å². The van der Waals surface area contributed by atoms with Crippen molar-refractivity contribution in [2.45, 2.75) is 52.2 Å². The summed E-state index contributed by atoms with van der Waals surface area (Å²) in [7, 11) is 0. The van der Waals surface area contributed by atoms with Crippen LogP contribution in [0, 0.1) is 5.41 Å². The Hall–Kier alpha value is -1.14. The third-order valence-corrected chi connectivity index (χ3v) is 3.44. The van der Waals surface area contributed by atoms with Gasteiger partial charge in [0.25, 0.3) is 0 Å². The van der Waals surface area contributed by atoms with E-state index in [4.69, 9.17) is 5.11 Å². The van der Waals surface area contributed by atoms with Crippen molar-refractivity contribution in [3.8, 4) is 0 Å². The van der Waals surface area contributed by atoms with E-state index in [0.717, 1.165) is 6.42 Å². The molecular formula is C14H26N2O4. The predicted octanol–water partition coefficient (Wildman–Crippen LogP) is -0.117. The summed E-state index contributed by atoms with van der Waals surface area (Å²) < 4.78 is 0. The first kappa shape index (κ1) is 16.9. The van der Waals surface area contributed by atoms with Crippen LogP contribution in [0.1, 0.15) is 40.5 Å². The minimum Gasteiger partial charge on any atom is -0.393 e. The van der Waals surface area contributed by atoms with E-state index in [9.17, 15) is 14.7 Å². The Bertz CT molecular complexity index is 374. The molecule has 1 aliphatic heterocycles. The van der Waals surface area contributed by atoms with E-state index in [1.54, 1.807) is 4.90 Å². The fourth-order valence-corrected chi connectivity index (χ4v) is 2.16. The Morgan fingerprint density at radius 2 is 1.90 bits per heavy atom. The van der Waals surface area contributed by atoms with Crippen molar-refractivity contribution in [2.24, 2.45) is 5.41 Å². The van der Waals surface area contributed by atoms with Gasteiger partial charge >= 0.3 is 0 Å². The number of hydrogen-bond donors (Lipinski definition) is 3. The van der Waals surface area contributed by atoms with Crippen LogP contribution in [0.5, 0.6) is 0 Å². The lowest BCUT2D eigenvalue weighted by Crippen LogP contribution is -2.52. The maximum atomic E-state index is 12.3. The Morgan fingerprint density at radius 3 is 2.40 bits per heavy atom. The molecule has 116 valence electrons. The molecule has 1 heterocycles. The number of likely N-dealkylation sites (tertiary alicyclic amines) is 1. The fourth-order valence-electron chi connectivity index (χ4n) is 2.16. The van der Waals surface area contributed by atoms with Gasteiger partial charge < -0.3 is 20.4 Å². The first-order chi connectivity index (χ1) is 9.08. The highest BCUT2D eigenvalue weighted by atomic mass is 16.3. The van der Waals surface area contributed by atoms with Gasteiger partial charge in [-0.1, -0.05) is 20.8 Å². The number of hydrogen-bond acceptors (Lipinski definition) is 4. The summed E-state index contributed by atoms with van der Waals surface area (Å²) in [6.45, 7) is 7.07. The number of amides is 2. The van der Waals surface area contributed by atoms with Crippen LogP contribution < -0.4 is 5.32 Å². The van der Waals surface area contributed by atoms with Crippen LogP contribution >= 0.6 is 0 Å². The smallest absolute Gasteiger partial charge is 0.242 e. The molecule has 0 spiro atoms. The Labute approximate surface area is 120 Å². The lowest BCUT2D eigenvalue weighted by Gasteiger charge is -2.31. The number of carbonyl (C=O) groups excluding carboxylic acids is 2. The highest BCUT2D eigenvalue weighted by molar-refractivity contribution is 5.90. The van der Waals surface area contributed by atoms with Crippen molar-refractivity contribution in [3.05, 3.63) is 0 Å². The van der Waals surface area contributed by atoms with Gasteiger partial charge in [-0.25, -0.2) is 0 Å². The standard InChI is InChI=1S/C14H26N2O4/c1-13(2,3)12(19)16-7-5-6-10(16)11(18)15-8-14(4,20)9-17/h10,17,20H,5-9H2,1-4H3,(H,15,18). The van der Waals surface area contributed by atoms with Crippen LogP contribution in [-0.2, 0) is 9.59 Å². The van der Waals surface area contributed by atoms with Gasteiger partial charge in [0.15, 0.2) is 0 Å². The number of aliphatic hydroxyl groups excluding tert-OH is 1. The van der Waals surface area contributed by atoms with Gasteiger partial charge in [-0.05, 0) is 19.8 Å². The second-order valence-corrected chi connectivity index (χ2v) is 6.78. The third-order valence-electron chi connectivity index (χ3n) is 3.44. The minimum absolute atomic E-state index is 0.0314. The van der Waals surface area contributed by atoms with E-state index < -0.39 is 23.7 Å². The van der Waals surface area contributed by atoms with Crippen molar-refractivity contribution < 1.29 is 19.8 Å². The van der Waals surface area contributed by atoms with Crippen LogP contribution in [0.2, 0.25) is 0 Å². The predicted molar refractivity (Wildman–Crippen MR) is 74.9 cm³/mol. The molecule has 0 radical (unpaired) electrons. The molecule has 0 aromatic heterocycles. The molecule has 6 heteroatoms. The molecule has 6 nitrogen and oxygen atoms in total. The summed E-state index contributed by atoms with van der Waals surface area (Å²) in [6, 6.07) is -0.476. The van der Waals surface area contributed by atoms with Crippen LogP contribution in [0.4, 0.5) is 0 Å². The summed E-state index contributed by atoms with van der Waals surface area (Å²) in [5, 5.41) is 21.2. The van der Waals surface area contributed by atoms with Gasteiger partial charge in [0.1, 0.15) is 11.6 Å². The highest BCUT2D eigenvalue weighted by Gasteiger charge is 2.38. The van der Waals surface area contributed by atoms with Gasteiger partial charge in [-0.3, -0.25) is 9.59 Å². The second-order valence-electron chi connectivity index (χ2n) is 6.78. The zero-order valence-corrected chi connectivity index (χ0v) is 12.8. The lowest BCUT2D eigenvalue weighted by molar-refractivity contribution is -0.145. The number of carbonyl (C=O) groups is 2. The van der Waals surface area contributed by atoms with Crippen molar-refractivity contribution >= 4 is 11.8 Å². The van der Waals surface area contributed by atoms with E-state index in [1.807, 2.05) is 20.8 Å². The Kier molecular flexibility index (Phi) is 5.15. The van der Waals surface area contributed by atoms with Crippen molar-refractivity contribution in [3.63, 3.8) is 0 Å². The average Bonchev–Trinajstić information content (AvgIpc) is 2.83. The first-order valence-electron chi connectivity index (χ1n) is 7.00. The number of nitrogens with zero attached hydrogens (tertiary/aromatic N) is 1. The molecule has 20 heavy (non-hydrogen) atoms. The van der Waals surface area contributed by atoms with Crippen LogP contribution in [0.15, 0.2) is 0 Å². The molecule has 0 aliphatic carbocycles. The summed E-state index contributed by atoms with van der Waals surface area (Å²) in [5.41, 5.74) is -1.85. The van der Waals surface area contributed by atoms with Crippen LogP contribution in [0.25, 0.3) is 0 Å². The van der Waals surface area contributed by atoms with E-state index in [-0.39, 0.29) is 18.4 Å². The third kappa shape index (κ3) is 4.18. The quantitative estimate of drug-likeness (QED) is 0.672. The molecule has 0 bridgehead atoms. The lowest BCUT2D eigenvalue weighted by atomic mass is 9.94. The largest absolute Gasteiger partial charge is 0.393 e. The summed E-state index contributed by atoms with van der Waals surface area (Å²) in [5.74, 6) is -0.308. The van der Waals surface area contributed by atoms with E-state index in [0.29, 0.717) is 13.0 Å². The Morgan fingerprint density at radius 1 is 1.30 bits per heavy atom. The van der Waals surface area contributed by atoms with Gasteiger partial charge in [0.2, 0.25) is 11.8 Å². The van der Waals surface area contributed by atoms with Crippen molar-refractivity contribution in [2.75, 3.05) is 19.7 Å². The molecule has 2 unspecified atom stereocenters. The van der Waals surface area contributed by atoms with Crippen LogP contribution in [-0.4, -0.2) is 58.3 Å². The molecule has 2 atom stereocenters. The normalized spacial score (nSPS) is 22.5. The molecule has 1 rings (SSSR count). The molecule has 1 fully saturated rings. The molecule has 2 amide bonds. The molecule has 1 saturated heterocycles. The zero-order valence-electron chi connectivity index (χ0n) is 12.8. The van der Waals surface area contributed by atoms with Crippen LogP contribution in [0.3, 0.4) is 0 Å².